The van der Waals surface area contributed by atoms with E-state index in [1.807, 2.05) is 31.2 Å². The highest BCUT2D eigenvalue weighted by Crippen LogP contribution is 2.40. The molecule has 7 heteroatoms. The summed E-state index contributed by atoms with van der Waals surface area (Å²) in [5.74, 6) is 0.622. The van der Waals surface area contributed by atoms with Crippen molar-refractivity contribution in [2.75, 3.05) is 38.1 Å². The van der Waals surface area contributed by atoms with Gasteiger partial charge in [-0.3, -0.25) is 9.59 Å². The van der Waals surface area contributed by atoms with E-state index in [-0.39, 0.29) is 18.2 Å². The van der Waals surface area contributed by atoms with E-state index in [1.165, 1.54) is 21.3 Å². The molecule has 0 aliphatic carbocycles. The highest BCUT2D eigenvalue weighted by molar-refractivity contribution is 6.04. The Balaban J connectivity index is 1.77. The van der Waals surface area contributed by atoms with E-state index in [2.05, 4.69) is 5.32 Å². The van der Waals surface area contributed by atoms with Gasteiger partial charge in [0.05, 0.1) is 27.2 Å². The number of hydrogen-bond acceptors (Lipinski definition) is 5. The third kappa shape index (κ3) is 3.74. The fraction of sp³-hybridized carbons (Fsp3) is 0.333. The van der Waals surface area contributed by atoms with Crippen molar-refractivity contribution in [2.45, 2.75) is 13.3 Å². The number of anilines is 2. The monoisotopic (exact) mass is 384 g/mol. The van der Waals surface area contributed by atoms with Crippen LogP contribution in [0.3, 0.4) is 0 Å². The second-order valence-corrected chi connectivity index (χ2v) is 6.60. The van der Waals surface area contributed by atoms with Gasteiger partial charge in [0.2, 0.25) is 17.6 Å². The lowest BCUT2D eigenvalue weighted by Gasteiger charge is -2.19. The van der Waals surface area contributed by atoms with Gasteiger partial charge in [-0.1, -0.05) is 18.2 Å². The molecule has 0 saturated carbocycles. The molecule has 148 valence electrons. The first-order chi connectivity index (χ1) is 13.5. The first-order valence-electron chi connectivity index (χ1n) is 8.95. The molecule has 2 aromatic rings. The molecule has 1 unspecified atom stereocenters. The van der Waals surface area contributed by atoms with Gasteiger partial charge in [-0.2, -0.15) is 0 Å². The van der Waals surface area contributed by atoms with Crippen LogP contribution in [0.1, 0.15) is 12.0 Å². The zero-order valence-corrected chi connectivity index (χ0v) is 16.4. The molecular formula is C21H24N2O5. The van der Waals surface area contributed by atoms with Gasteiger partial charge in [-0.15, -0.1) is 0 Å². The summed E-state index contributed by atoms with van der Waals surface area (Å²) in [4.78, 5) is 26.9. The van der Waals surface area contributed by atoms with Crippen molar-refractivity contribution in [3.8, 4) is 17.2 Å². The van der Waals surface area contributed by atoms with Crippen molar-refractivity contribution in [1.29, 1.82) is 0 Å². The molecule has 7 nitrogen and oxygen atoms in total. The van der Waals surface area contributed by atoms with E-state index in [0.29, 0.717) is 29.5 Å². The standard InChI is InChI=1S/C21H24N2O5/c1-13-7-5-6-8-16(13)23-12-14(9-19(23)24)21(25)22-15-10-17(26-2)20(28-4)18(11-15)27-3/h5-8,10-11,14H,9,12H2,1-4H3,(H,22,25). The van der Waals surface area contributed by atoms with Crippen LogP contribution in [-0.4, -0.2) is 39.7 Å². The van der Waals surface area contributed by atoms with Gasteiger partial charge < -0.3 is 24.4 Å². The number of nitrogens with one attached hydrogen (secondary N) is 1. The topological polar surface area (TPSA) is 77.1 Å². The number of ether oxygens (including phenoxy) is 3. The molecule has 1 N–H and O–H groups in total. The molecular weight excluding hydrogens is 360 g/mol. The number of carbonyl (C=O) groups is 2. The summed E-state index contributed by atoms with van der Waals surface area (Å²) in [6.45, 7) is 2.30. The Morgan fingerprint density at radius 1 is 1.07 bits per heavy atom. The molecule has 1 fully saturated rings. The average molecular weight is 384 g/mol. The molecule has 0 bridgehead atoms. The lowest BCUT2D eigenvalue weighted by Crippen LogP contribution is -2.28. The van der Waals surface area contributed by atoms with Crippen molar-refractivity contribution in [3.63, 3.8) is 0 Å². The molecule has 0 spiro atoms. The van der Waals surface area contributed by atoms with Crippen molar-refractivity contribution in [3.05, 3.63) is 42.0 Å². The number of amides is 2. The zero-order valence-electron chi connectivity index (χ0n) is 16.4. The van der Waals surface area contributed by atoms with Crippen LogP contribution in [0.25, 0.3) is 0 Å². The minimum atomic E-state index is -0.439. The zero-order chi connectivity index (χ0) is 20.3. The number of aryl methyl sites for hydroxylation is 1. The van der Waals surface area contributed by atoms with Crippen LogP contribution in [0.5, 0.6) is 17.2 Å². The molecule has 28 heavy (non-hydrogen) atoms. The lowest BCUT2D eigenvalue weighted by atomic mass is 10.1. The van der Waals surface area contributed by atoms with Gasteiger partial charge in [0, 0.05) is 36.5 Å². The maximum absolute atomic E-state index is 12.8. The Morgan fingerprint density at radius 3 is 2.29 bits per heavy atom. The summed E-state index contributed by atoms with van der Waals surface area (Å²) in [5, 5.41) is 2.86. The summed E-state index contributed by atoms with van der Waals surface area (Å²) in [6, 6.07) is 11.0. The summed E-state index contributed by atoms with van der Waals surface area (Å²) in [6.07, 6.45) is 0.171. The van der Waals surface area contributed by atoms with Gasteiger partial charge in [0.25, 0.3) is 0 Å². The Bertz CT molecular complexity index is 871. The molecule has 2 aromatic carbocycles. The first-order valence-corrected chi connectivity index (χ1v) is 8.95. The summed E-state index contributed by atoms with van der Waals surface area (Å²) in [5.41, 5.74) is 2.36. The van der Waals surface area contributed by atoms with E-state index in [9.17, 15) is 9.59 Å². The lowest BCUT2D eigenvalue weighted by molar-refractivity contribution is -0.122. The van der Waals surface area contributed by atoms with Crippen molar-refractivity contribution < 1.29 is 23.8 Å². The molecule has 0 aromatic heterocycles. The van der Waals surface area contributed by atoms with E-state index in [1.54, 1.807) is 17.0 Å². The molecule has 3 rings (SSSR count). The minimum Gasteiger partial charge on any atom is -0.493 e. The van der Waals surface area contributed by atoms with E-state index < -0.39 is 5.92 Å². The summed E-state index contributed by atoms with van der Waals surface area (Å²) >= 11 is 0. The molecule has 1 aliphatic rings. The number of benzene rings is 2. The predicted octanol–water partition coefficient (Wildman–Crippen LogP) is 3.01. The highest BCUT2D eigenvalue weighted by Gasteiger charge is 2.35. The smallest absolute Gasteiger partial charge is 0.229 e. The fourth-order valence-electron chi connectivity index (χ4n) is 3.38. The van der Waals surface area contributed by atoms with Crippen molar-refractivity contribution in [2.24, 2.45) is 5.92 Å². The molecule has 0 radical (unpaired) electrons. The number of rotatable bonds is 6. The van der Waals surface area contributed by atoms with E-state index in [4.69, 9.17) is 14.2 Å². The average Bonchev–Trinajstić information content (AvgIpc) is 3.09. The Hall–Kier alpha value is -3.22. The van der Waals surface area contributed by atoms with Crippen LogP contribution in [0.4, 0.5) is 11.4 Å². The van der Waals surface area contributed by atoms with E-state index >= 15 is 0 Å². The Labute approximate surface area is 164 Å². The fourth-order valence-corrected chi connectivity index (χ4v) is 3.38. The van der Waals surface area contributed by atoms with Gasteiger partial charge >= 0.3 is 0 Å². The van der Waals surface area contributed by atoms with Gasteiger partial charge in [0.15, 0.2) is 11.5 Å². The Morgan fingerprint density at radius 2 is 1.71 bits per heavy atom. The van der Waals surface area contributed by atoms with Gasteiger partial charge in [0.1, 0.15) is 0 Å². The third-order valence-corrected chi connectivity index (χ3v) is 4.83. The second kappa shape index (κ2) is 8.21. The molecule has 1 aliphatic heterocycles. The largest absolute Gasteiger partial charge is 0.493 e. The van der Waals surface area contributed by atoms with Crippen LogP contribution < -0.4 is 24.4 Å². The number of methoxy groups -OCH3 is 3. The third-order valence-electron chi connectivity index (χ3n) is 4.83. The Kier molecular flexibility index (Phi) is 5.73. The van der Waals surface area contributed by atoms with Crippen molar-refractivity contribution >= 4 is 23.2 Å². The number of hydrogen-bond donors (Lipinski definition) is 1. The van der Waals surface area contributed by atoms with Crippen LogP contribution >= 0.6 is 0 Å². The SMILES string of the molecule is COc1cc(NC(=O)C2CC(=O)N(c3ccccc3C)C2)cc(OC)c1OC. The van der Waals surface area contributed by atoms with Crippen LogP contribution in [0.2, 0.25) is 0 Å². The molecule has 1 saturated heterocycles. The van der Waals surface area contributed by atoms with Crippen LogP contribution in [0, 0.1) is 12.8 Å². The maximum Gasteiger partial charge on any atom is 0.229 e. The number of nitrogens with zero attached hydrogens (tertiary/aromatic N) is 1. The quantitative estimate of drug-likeness (QED) is 0.828. The van der Waals surface area contributed by atoms with Gasteiger partial charge in [-0.25, -0.2) is 0 Å². The van der Waals surface area contributed by atoms with Crippen LogP contribution in [-0.2, 0) is 9.59 Å². The molecule has 1 heterocycles. The second-order valence-electron chi connectivity index (χ2n) is 6.60. The maximum atomic E-state index is 12.8. The summed E-state index contributed by atoms with van der Waals surface area (Å²) < 4.78 is 15.9. The van der Waals surface area contributed by atoms with Gasteiger partial charge in [-0.05, 0) is 18.6 Å². The van der Waals surface area contributed by atoms with E-state index in [0.717, 1.165) is 11.3 Å². The number of para-hydroxylation sites is 1. The molecule has 1 atom stereocenters. The normalized spacial score (nSPS) is 16.1. The number of carbonyl (C=O) groups excluding carboxylic acids is 2. The predicted molar refractivity (Wildman–Crippen MR) is 106 cm³/mol. The minimum absolute atomic E-state index is 0.0562. The first kappa shape index (κ1) is 19.5. The molecule has 2 amide bonds. The van der Waals surface area contributed by atoms with Crippen molar-refractivity contribution in [1.82, 2.24) is 0 Å². The highest BCUT2D eigenvalue weighted by atomic mass is 16.5. The summed E-state index contributed by atoms with van der Waals surface area (Å²) in [7, 11) is 4.54. The van der Waals surface area contributed by atoms with Crippen LogP contribution in [0.15, 0.2) is 36.4 Å².